The number of nitrogens with zero attached hydrogens (tertiary/aromatic N) is 1. The molecule has 0 unspecified atom stereocenters. The topological polar surface area (TPSA) is 12.9 Å². The van der Waals surface area contributed by atoms with Gasteiger partial charge in [-0.15, -0.1) is 0 Å². The van der Waals surface area contributed by atoms with E-state index in [1.165, 1.54) is 11.1 Å². The lowest BCUT2D eigenvalue weighted by molar-refractivity contribution is 1.23. The lowest BCUT2D eigenvalue weighted by Crippen LogP contribution is -1.84. The van der Waals surface area contributed by atoms with Crippen LogP contribution in [0.1, 0.15) is 25.1 Å². The smallest absolute Gasteiger partial charge is 0.0658 e. The molecule has 0 N–H and O–H groups in total. The van der Waals surface area contributed by atoms with Crippen molar-refractivity contribution in [2.45, 2.75) is 20.8 Å². The van der Waals surface area contributed by atoms with Crippen LogP contribution in [0.25, 0.3) is 6.08 Å². The second-order valence-corrected chi connectivity index (χ2v) is 2.93. The SMILES string of the molecule is CC(C)=Cc1ncccc1C. The van der Waals surface area contributed by atoms with Crippen LogP contribution in [0.15, 0.2) is 23.9 Å². The van der Waals surface area contributed by atoms with Gasteiger partial charge in [-0.25, -0.2) is 0 Å². The molecule has 1 heterocycles. The van der Waals surface area contributed by atoms with Gasteiger partial charge in [0.05, 0.1) is 5.69 Å². The van der Waals surface area contributed by atoms with Gasteiger partial charge in [0.25, 0.3) is 0 Å². The van der Waals surface area contributed by atoms with Crippen LogP contribution >= 0.6 is 0 Å². The Hall–Kier alpha value is -1.11. The summed E-state index contributed by atoms with van der Waals surface area (Å²) in [5.74, 6) is 0. The Morgan fingerprint density at radius 2 is 2.18 bits per heavy atom. The zero-order valence-corrected chi connectivity index (χ0v) is 7.26. The van der Waals surface area contributed by atoms with Gasteiger partial charge in [-0.2, -0.15) is 0 Å². The fourth-order valence-electron chi connectivity index (χ4n) is 0.922. The largest absolute Gasteiger partial charge is 0.257 e. The molecule has 1 nitrogen and oxygen atoms in total. The van der Waals surface area contributed by atoms with Crippen LogP contribution < -0.4 is 0 Å². The van der Waals surface area contributed by atoms with Gasteiger partial charge >= 0.3 is 0 Å². The molecular formula is C10H13N. The number of aromatic nitrogens is 1. The molecule has 0 radical (unpaired) electrons. The van der Waals surface area contributed by atoms with E-state index in [4.69, 9.17) is 0 Å². The molecule has 0 amide bonds. The van der Waals surface area contributed by atoms with E-state index in [0.29, 0.717) is 0 Å². The van der Waals surface area contributed by atoms with Gasteiger partial charge in [0.1, 0.15) is 0 Å². The highest BCUT2D eigenvalue weighted by molar-refractivity contribution is 5.50. The van der Waals surface area contributed by atoms with Crippen molar-refractivity contribution in [2.75, 3.05) is 0 Å². The van der Waals surface area contributed by atoms with Crippen molar-refractivity contribution in [3.63, 3.8) is 0 Å². The number of hydrogen-bond acceptors (Lipinski definition) is 1. The summed E-state index contributed by atoms with van der Waals surface area (Å²) in [5, 5.41) is 0. The first-order chi connectivity index (χ1) is 5.20. The molecule has 1 aromatic heterocycles. The lowest BCUT2D eigenvalue weighted by atomic mass is 10.2. The second-order valence-electron chi connectivity index (χ2n) is 2.93. The molecule has 0 atom stereocenters. The Balaban J connectivity index is 3.04. The Kier molecular flexibility index (Phi) is 2.42. The molecule has 0 bridgehead atoms. The average Bonchev–Trinajstić information content (AvgIpc) is 1.93. The van der Waals surface area contributed by atoms with E-state index in [-0.39, 0.29) is 0 Å². The zero-order valence-electron chi connectivity index (χ0n) is 7.26. The summed E-state index contributed by atoms with van der Waals surface area (Å²) in [5.41, 5.74) is 3.59. The molecule has 0 saturated carbocycles. The first-order valence-corrected chi connectivity index (χ1v) is 3.76. The second kappa shape index (κ2) is 3.33. The third kappa shape index (κ3) is 2.19. The standard InChI is InChI=1S/C10H13N/c1-8(2)7-10-9(3)5-4-6-11-10/h4-7H,1-3H3. The molecule has 11 heavy (non-hydrogen) atoms. The minimum atomic E-state index is 1.08. The van der Waals surface area contributed by atoms with Crippen LogP contribution in [0.3, 0.4) is 0 Å². The van der Waals surface area contributed by atoms with E-state index in [9.17, 15) is 0 Å². The van der Waals surface area contributed by atoms with Crippen molar-refractivity contribution in [1.82, 2.24) is 4.98 Å². The molecule has 1 heteroatoms. The number of rotatable bonds is 1. The minimum Gasteiger partial charge on any atom is -0.257 e. The summed E-state index contributed by atoms with van der Waals surface area (Å²) in [4.78, 5) is 4.24. The number of aryl methyl sites for hydroxylation is 1. The normalized spacial score (nSPS) is 9.36. The maximum absolute atomic E-state index is 4.24. The summed E-state index contributed by atoms with van der Waals surface area (Å²) < 4.78 is 0. The van der Waals surface area contributed by atoms with Crippen molar-refractivity contribution in [3.8, 4) is 0 Å². The van der Waals surface area contributed by atoms with E-state index in [2.05, 4.69) is 37.9 Å². The predicted octanol–water partition coefficient (Wildman–Crippen LogP) is 2.81. The van der Waals surface area contributed by atoms with E-state index in [1.54, 1.807) is 0 Å². The highest BCUT2D eigenvalue weighted by atomic mass is 14.7. The van der Waals surface area contributed by atoms with Crippen LogP contribution in [0.2, 0.25) is 0 Å². The highest BCUT2D eigenvalue weighted by Gasteiger charge is 1.92. The monoisotopic (exact) mass is 147 g/mol. The molecule has 0 saturated heterocycles. The van der Waals surface area contributed by atoms with E-state index < -0.39 is 0 Å². The Bertz CT molecular complexity index is 270. The number of pyridine rings is 1. The Morgan fingerprint density at radius 3 is 2.73 bits per heavy atom. The quantitative estimate of drug-likeness (QED) is 0.595. The summed E-state index contributed by atoms with van der Waals surface area (Å²) >= 11 is 0. The zero-order chi connectivity index (χ0) is 8.27. The molecule has 1 rings (SSSR count). The van der Waals surface area contributed by atoms with Gasteiger partial charge in [-0.05, 0) is 38.5 Å². The molecular weight excluding hydrogens is 134 g/mol. The third-order valence-corrected chi connectivity index (χ3v) is 1.48. The molecule has 0 aromatic carbocycles. The highest BCUT2D eigenvalue weighted by Crippen LogP contribution is 2.07. The fourth-order valence-corrected chi connectivity index (χ4v) is 0.922. The first-order valence-electron chi connectivity index (χ1n) is 3.76. The van der Waals surface area contributed by atoms with Crippen molar-refractivity contribution in [3.05, 3.63) is 35.2 Å². The number of hydrogen-bond donors (Lipinski definition) is 0. The number of allylic oxidation sites excluding steroid dienone is 1. The van der Waals surface area contributed by atoms with Crippen molar-refractivity contribution >= 4 is 6.08 Å². The van der Waals surface area contributed by atoms with Crippen LogP contribution in [-0.4, -0.2) is 4.98 Å². The van der Waals surface area contributed by atoms with Crippen LogP contribution in [0, 0.1) is 6.92 Å². The molecule has 0 spiro atoms. The van der Waals surface area contributed by atoms with E-state index in [0.717, 1.165) is 5.69 Å². The predicted molar refractivity (Wildman–Crippen MR) is 48.3 cm³/mol. The van der Waals surface area contributed by atoms with E-state index >= 15 is 0 Å². The molecule has 58 valence electrons. The summed E-state index contributed by atoms with van der Waals surface area (Å²) in [7, 11) is 0. The fraction of sp³-hybridized carbons (Fsp3) is 0.300. The van der Waals surface area contributed by atoms with Crippen LogP contribution in [0.5, 0.6) is 0 Å². The van der Waals surface area contributed by atoms with Gasteiger partial charge in [0.15, 0.2) is 0 Å². The third-order valence-electron chi connectivity index (χ3n) is 1.48. The summed E-state index contributed by atoms with van der Waals surface area (Å²) in [6.07, 6.45) is 3.91. The van der Waals surface area contributed by atoms with Crippen LogP contribution in [0.4, 0.5) is 0 Å². The summed E-state index contributed by atoms with van der Waals surface area (Å²) in [6, 6.07) is 4.03. The van der Waals surface area contributed by atoms with Gasteiger partial charge in [-0.3, -0.25) is 4.98 Å². The van der Waals surface area contributed by atoms with E-state index in [1.807, 2.05) is 12.3 Å². The van der Waals surface area contributed by atoms with Crippen molar-refractivity contribution < 1.29 is 0 Å². The maximum atomic E-state index is 4.24. The van der Waals surface area contributed by atoms with Gasteiger partial charge in [0, 0.05) is 6.20 Å². The van der Waals surface area contributed by atoms with Crippen LogP contribution in [-0.2, 0) is 0 Å². The Labute approximate surface area is 67.8 Å². The van der Waals surface area contributed by atoms with Gasteiger partial charge < -0.3 is 0 Å². The molecule has 0 aliphatic carbocycles. The van der Waals surface area contributed by atoms with Gasteiger partial charge in [0.2, 0.25) is 0 Å². The maximum Gasteiger partial charge on any atom is 0.0658 e. The van der Waals surface area contributed by atoms with Gasteiger partial charge in [-0.1, -0.05) is 11.6 Å². The van der Waals surface area contributed by atoms with Crippen molar-refractivity contribution in [2.24, 2.45) is 0 Å². The molecule has 0 fully saturated rings. The molecule has 0 aliphatic heterocycles. The lowest BCUT2D eigenvalue weighted by Gasteiger charge is -1.97. The summed E-state index contributed by atoms with van der Waals surface area (Å²) in [6.45, 7) is 6.23. The molecule has 1 aromatic rings. The first kappa shape index (κ1) is 7.99. The minimum absolute atomic E-state index is 1.08. The average molecular weight is 147 g/mol. The molecule has 0 aliphatic rings. The Morgan fingerprint density at radius 1 is 1.45 bits per heavy atom. The van der Waals surface area contributed by atoms with Crippen molar-refractivity contribution in [1.29, 1.82) is 0 Å².